The molecule has 2 N–H and O–H groups in total. The molecule has 144 valence electrons. The fourth-order valence-electron chi connectivity index (χ4n) is 3.39. The summed E-state index contributed by atoms with van der Waals surface area (Å²) in [7, 11) is 1.33. The second kappa shape index (κ2) is 8.20. The van der Waals surface area contributed by atoms with E-state index in [-0.39, 0.29) is 18.0 Å². The third-order valence-corrected chi connectivity index (χ3v) is 5.15. The highest BCUT2D eigenvalue weighted by Crippen LogP contribution is 2.33. The standard InChI is InChI=1S/C19H25N5O3/c1-4-12(2)15(18(25)27-3)23-19(26)24-10-7-14-16(22-11-21-14)17(24)13-5-8-20-9-6-13/h5-6,8-9,11-12,15,17H,4,7,10H2,1-3H3,(H,21,22)(H,23,26)/t12-,15+,17?/m1/s1. The highest BCUT2D eigenvalue weighted by Gasteiger charge is 2.36. The van der Waals surface area contributed by atoms with Crippen LogP contribution in [-0.2, 0) is 16.0 Å². The predicted octanol–water partition coefficient (Wildman–Crippen LogP) is 2.05. The number of rotatable bonds is 5. The van der Waals surface area contributed by atoms with Crippen LogP contribution in [0.2, 0.25) is 0 Å². The SMILES string of the molecule is CC[C@@H](C)[C@H](NC(=O)N1CCc2[nH]cnc2C1c1ccncc1)C(=O)OC. The van der Waals surface area contributed by atoms with Crippen LogP contribution in [0.15, 0.2) is 30.9 Å². The van der Waals surface area contributed by atoms with Crippen molar-refractivity contribution in [1.29, 1.82) is 0 Å². The molecule has 0 radical (unpaired) electrons. The summed E-state index contributed by atoms with van der Waals surface area (Å²) >= 11 is 0. The number of esters is 1. The quantitative estimate of drug-likeness (QED) is 0.784. The number of nitrogens with zero attached hydrogens (tertiary/aromatic N) is 3. The number of carbonyl (C=O) groups excluding carboxylic acids is 2. The minimum absolute atomic E-state index is 0.0356. The van der Waals surface area contributed by atoms with Crippen molar-refractivity contribution in [2.75, 3.05) is 13.7 Å². The fraction of sp³-hybridized carbons (Fsp3) is 0.474. The van der Waals surface area contributed by atoms with E-state index < -0.39 is 12.0 Å². The average molecular weight is 371 g/mol. The van der Waals surface area contributed by atoms with Crippen LogP contribution in [0.5, 0.6) is 0 Å². The minimum Gasteiger partial charge on any atom is -0.467 e. The number of hydrogen-bond acceptors (Lipinski definition) is 5. The van der Waals surface area contributed by atoms with E-state index in [2.05, 4.69) is 20.3 Å². The molecule has 1 aliphatic rings. The Morgan fingerprint density at radius 3 is 2.81 bits per heavy atom. The number of aromatic amines is 1. The Bertz CT molecular complexity index is 792. The number of ether oxygens (including phenoxy) is 1. The highest BCUT2D eigenvalue weighted by atomic mass is 16.5. The van der Waals surface area contributed by atoms with Gasteiger partial charge < -0.3 is 19.9 Å². The molecule has 2 aromatic heterocycles. The van der Waals surface area contributed by atoms with Gasteiger partial charge in [-0.15, -0.1) is 0 Å². The van der Waals surface area contributed by atoms with Gasteiger partial charge in [-0.3, -0.25) is 4.98 Å². The summed E-state index contributed by atoms with van der Waals surface area (Å²) in [6.07, 6.45) is 6.47. The smallest absolute Gasteiger partial charge is 0.328 e. The monoisotopic (exact) mass is 371 g/mol. The molecule has 1 aliphatic heterocycles. The lowest BCUT2D eigenvalue weighted by Gasteiger charge is -2.36. The average Bonchev–Trinajstić information content (AvgIpc) is 3.19. The lowest BCUT2D eigenvalue weighted by Crippen LogP contribution is -2.53. The Morgan fingerprint density at radius 2 is 2.15 bits per heavy atom. The van der Waals surface area contributed by atoms with E-state index >= 15 is 0 Å². The maximum Gasteiger partial charge on any atom is 0.328 e. The van der Waals surface area contributed by atoms with Gasteiger partial charge in [-0.25, -0.2) is 14.6 Å². The van der Waals surface area contributed by atoms with E-state index in [1.165, 1.54) is 7.11 Å². The van der Waals surface area contributed by atoms with Crippen molar-refractivity contribution in [3.8, 4) is 0 Å². The number of carbonyl (C=O) groups is 2. The summed E-state index contributed by atoms with van der Waals surface area (Å²) in [5, 5.41) is 2.87. The van der Waals surface area contributed by atoms with E-state index in [0.29, 0.717) is 13.0 Å². The number of methoxy groups -OCH3 is 1. The summed E-state index contributed by atoms with van der Waals surface area (Å²) in [4.78, 5) is 38.7. The predicted molar refractivity (Wildman–Crippen MR) is 98.9 cm³/mol. The number of nitrogens with one attached hydrogen (secondary N) is 2. The van der Waals surface area contributed by atoms with Crippen molar-refractivity contribution in [1.82, 2.24) is 25.2 Å². The van der Waals surface area contributed by atoms with E-state index in [1.807, 2.05) is 26.0 Å². The van der Waals surface area contributed by atoms with Crippen LogP contribution in [-0.4, -0.2) is 51.5 Å². The Kier molecular flexibility index (Phi) is 5.73. The van der Waals surface area contributed by atoms with Crippen LogP contribution in [0.25, 0.3) is 0 Å². The molecule has 0 aliphatic carbocycles. The zero-order chi connectivity index (χ0) is 19.4. The van der Waals surface area contributed by atoms with Crippen LogP contribution in [0, 0.1) is 5.92 Å². The van der Waals surface area contributed by atoms with Crippen molar-refractivity contribution in [2.24, 2.45) is 5.92 Å². The molecule has 0 fully saturated rings. The van der Waals surface area contributed by atoms with E-state index in [9.17, 15) is 9.59 Å². The number of amides is 2. The lowest BCUT2D eigenvalue weighted by atomic mass is 9.96. The van der Waals surface area contributed by atoms with Gasteiger partial charge in [-0.05, 0) is 23.6 Å². The van der Waals surface area contributed by atoms with Gasteiger partial charge in [0, 0.05) is 31.1 Å². The molecule has 0 saturated carbocycles. The molecular formula is C19H25N5O3. The van der Waals surface area contributed by atoms with Gasteiger partial charge in [-0.2, -0.15) is 0 Å². The zero-order valence-electron chi connectivity index (χ0n) is 15.8. The first-order valence-corrected chi connectivity index (χ1v) is 9.13. The number of aromatic nitrogens is 3. The van der Waals surface area contributed by atoms with Crippen molar-refractivity contribution < 1.29 is 14.3 Å². The summed E-state index contributed by atoms with van der Waals surface area (Å²) in [6.45, 7) is 4.41. The van der Waals surface area contributed by atoms with Crippen molar-refractivity contribution in [3.05, 3.63) is 47.8 Å². The molecule has 0 bridgehead atoms. The van der Waals surface area contributed by atoms with Gasteiger partial charge in [0.15, 0.2) is 0 Å². The van der Waals surface area contributed by atoms with Crippen LogP contribution in [0.1, 0.15) is 43.3 Å². The van der Waals surface area contributed by atoms with Crippen LogP contribution in [0.3, 0.4) is 0 Å². The number of H-pyrrole nitrogens is 1. The maximum absolute atomic E-state index is 13.1. The highest BCUT2D eigenvalue weighted by molar-refractivity contribution is 5.84. The zero-order valence-corrected chi connectivity index (χ0v) is 15.8. The van der Waals surface area contributed by atoms with Gasteiger partial charge in [0.2, 0.25) is 0 Å². The van der Waals surface area contributed by atoms with Gasteiger partial charge in [0.25, 0.3) is 0 Å². The van der Waals surface area contributed by atoms with Crippen molar-refractivity contribution in [2.45, 2.75) is 38.8 Å². The topological polar surface area (TPSA) is 100 Å². The Hall–Kier alpha value is -2.90. The van der Waals surface area contributed by atoms with Crippen LogP contribution < -0.4 is 5.32 Å². The largest absolute Gasteiger partial charge is 0.467 e. The first kappa shape index (κ1) is 18.9. The number of fused-ring (bicyclic) bond motifs is 1. The Labute approximate surface area is 158 Å². The molecule has 0 spiro atoms. The van der Waals surface area contributed by atoms with Crippen molar-refractivity contribution in [3.63, 3.8) is 0 Å². The molecule has 0 aromatic carbocycles. The Morgan fingerprint density at radius 1 is 1.41 bits per heavy atom. The molecule has 2 amide bonds. The molecule has 1 unspecified atom stereocenters. The summed E-state index contributed by atoms with van der Waals surface area (Å²) in [6, 6.07) is 2.42. The third kappa shape index (κ3) is 3.79. The van der Waals surface area contributed by atoms with E-state index in [4.69, 9.17) is 4.74 Å². The van der Waals surface area contributed by atoms with Gasteiger partial charge in [0.05, 0.1) is 19.1 Å². The molecule has 2 aromatic rings. The fourth-order valence-corrected chi connectivity index (χ4v) is 3.39. The summed E-state index contributed by atoms with van der Waals surface area (Å²) < 4.78 is 4.88. The summed E-state index contributed by atoms with van der Waals surface area (Å²) in [5.41, 5.74) is 2.76. The molecule has 0 saturated heterocycles. The minimum atomic E-state index is -0.689. The number of urea groups is 1. The van der Waals surface area contributed by atoms with Crippen LogP contribution in [0.4, 0.5) is 4.79 Å². The molecule has 8 heteroatoms. The summed E-state index contributed by atoms with van der Waals surface area (Å²) in [5.74, 6) is -0.470. The molecular weight excluding hydrogens is 346 g/mol. The number of hydrogen-bond donors (Lipinski definition) is 2. The van der Waals surface area contributed by atoms with Gasteiger partial charge in [0.1, 0.15) is 12.1 Å². The lowest BCUT2D eigenvalue weighted by molar-refractivity contribution is -0.144. The van der Waals surface area contributed by atoms with Gasteiger partial charge in [-0.1, -0.05) is 20.3 Å². The molecule has 3 rings (SSSR count). The van der Waals surface area contributed by atoms with E-state index in [0.717, 1.165) is 23.4 Å². The maximum atomic E-state index is 13.1. The molecule has 27 heavy (non-hydrogen) atoms. The van der Waals surface area contributed by atoms with Gasteiger partial charge >= 0.3 is 12.0 Å². The second-order valence-electron chi connectivity index (χ2n) is 6.73. The molecule has 3 heterocycles. The molecule has 3 atom stereocenters. The number of pyridine rings is 1. The normalized spacial score (nSPS) is 18.3. The first-order chi connectivity index (χ1) is 13.1. The van der Waals surface area contributed by atoms with Crippen molar-refractivity contribution >= 4 is 12.0 Å². The Balaban J connectivity index is 1.89. The number of imidazole rings is 1. The third-order valence-electron chi connectivity index (χ3n) is 5.15. The second-order valence-corrected chi connectivity index (χ2v) is 6.73. The molecule has 8 nitrogen and oxygen atoms in total. The first-order valence-electron chi connectivity index (χ1n) is 9.13. The van der Waals surface area contributed by atoms with Crippen LogP contribution >= 0.6 is 0 Å². The van der Waals surface area contributed by atoms with E-state index in [1.54, 1.807) is 23.6 Å².